The number of aliphatic hydroxyl groups excluding tert-OH is 1. The topological polar surface area (TPSA) is 69.6 Å². The van der Waals surface area contributed by atoms with E-state index in [-0.39, 0.29) is 12.0 Å². The summed E-state index contributed by atoms with van der Waals surface area (Å²) in [5, 5.41) is 9.57. The molecule has 1 saturated carbocycles. The Morgan fingerprint density at radius 3 is 2.42 bits per heavy atom. The lowest BCUT2D eigenvalue weighted by molar-refractivity contribution is 0.0863. The molecule has 0 aromatic carbocycles. The first-order chi connectivity index (χ1) is 8.96. The highest BCUT2D eigenvalue weighted by Crippen LogP contribution is 2.35. The Hall–Kier alpha value is -0.170. The van der Waals surface area contributed by atoms with Gasteiger partial charge in [0.25, 0.3) is 10.2 Å². The summed E-state index contributed by atoms with van der Waals surface area (Å²) in [7, 11) is -1.81. The summed E-state index contributed by atoms with van der Waals surface area (Å²) in [5.41, 5.74) is -0.253. The predicted molar refractivity (Wildman–Crippen MR) is 77.1 cm³/mol. The molecule has 1 aliphatic carbocycles. The van der Waals surface area contributed by atoms with Gasteiger partial charge in [0, 0.05) is 32.2 Å². The summed E-state index contributed by atoms with van der Waals surface area (Å²) in [6.45, 7) is 2.99. The van der Waals surface area contributed by atoms with Crippen molar-refractivity contribution in [1.29, 1.82) is 0 Å². The molecule has 1 fully saturated rings. The van der Waals surface area contributed by atoms with E-state index < -0.39 is 10.2 Å². The van der Waals surface area contributed by atoms with Crippen molar-refractivity contribution in [1.82, 2.24) is 9.03 Å². The van der Waals surface area contributed by atoms with Crippen molar-refractivity contribution in [2.45, 2.75) is 51.9 Å². The Morgan fingerprint density at radius 1 is 1.26 bits per heavy atom. The van der Waals surface area contributed by atoms with Crippen molar-refractivity contribution >= 4 is 10.2 Å². The van der Waals surface area contributed by atoms with E-state index in [1.54, 1.807) is 7.05 Å². The van der Waals surface area contributed by atoms with E-state index in [1.807, 2.05) is 6.92 Å². The van der Waals surface area contributed by atoms with Crippen molar-refractivity contribution in [2.75, 3.05) is 26.7 Å². The Labute approximate surface area is 117 Å². The van der Waals surface area contributed by atoms with Crippen molar-refractivity contribution in [3.8, 4) is 0 Å². The van der Waals surface area contributed by atoms with E-state index >= 15 is 0 Å². The van der Waals surface area contributed by atoms with Crippen LogP contribution in [0, 0.1) is 5.41 Å². The second-order valence-electron chi connectivity index (χ2n) is 5.72. The van der Waals surface area contributed by atoms with E-state index in [9.17, 15) is 13.5 Å². The summed E-state index contributed by atoms with van der Waals surface area (Å²) in [6.07, 6.45) is 6.99. The molecule has 19 heavy (non-hydrogen) atoms. The molecule has 0 aromatic heterocycles. The molecule has 1 rings (SSSR count). The predicted octanol–water partition coefficient (Wildman–Crippen LogP) is 1.50. The molecule has 0 bridgehead atoms. The van der Waals surface area contributed by atoms with Crippen LogP contribution in [-0.2, 0) is 10.2 Å². The van der Waals surface area contributed by atoms with Crippen LogP contribution in [0.4, 0.5) is 0 Å². The molecule has 0 radical (unpaired) electrons. The average Bonchev–Trinajstić information content (AvgIpc) is 2.43. The largest absolute Gasteiger partial charge is 0.396 e. The Balaban J connectivity index is 2.53. The Morgan fingerprint density at radius 2 is 1.89 bits per heavy atom. The van der Waals surface area contributed by atoms with E-state index in [2.05, 4.69) is 4.72 Å². The zero-order chi connectivity index (χ0) is 14.4. The molecule has 0 atom stereocenters. The molecule has 0 heterocycles. The van der Waals surface area contributed by atoms with Crippen LogP contribution in [0.25, 0.3) is 0 Å². The summed E-state index contributed by atoms with van der Waals surface area (Å²) >= 11 is 0. The van der Waals surface area contributed by atoms with Crippen molar-refractivity contribution in [3.63, 3.8) is 0 Å². The number of unbranched alkanes of at least 4 members (excludes halogenated alkanes) is 1. The number of nitrogens with one attached hydrogen (secondary N) is 1. The van der Waals surface area contributed by atoms with Crippen LogP contribution >= 0.6 is 0 Å². The Kier molecular flexibility index (Phi) is 6.73. The lowest BCUT2D eigenvalue weighted by atomic mass is 9.75. The highest BCUT2D eigenvalue weighted by molar-refractivity contribution is 7.87. The van der Waals surface area contributed by atoms with Gasteiger partial charge in [0.15, 0.2) is 0 Å². The zero-order valence-electron chi connectivity index (χ0n) is 12.2. The van der Waals surface area contributed by atoms with Gasteiger partial charge in [-0.05, 0) is 19.3 Å². The second kappa shape index (κ2) is 7.57. The fourth-order valence-electron chi connectivity index (χ4n) is 2.55. The number of nitrogens with zero attached hydrogens (tertiary/aromatic N) is 1. The fourth-order valence-corrected chi connectivity index (χ4v) is 3.63. The normalized spacial score (nSPS) is 19.8. The van der Waals surface area contributed by atoms with Gasteiger partial charge in [-0.2, -0.15) is 12.7 Å². The van der Waals surface area contributed by atoms with E-state index in [0.29, 0.717) is 13.1 Å². The number of hydrogen-bond acceptors (Lipinski definition) is 3. The fraction of sp³-hybridized carbons (Fsp3) is 1.00. The van der Waals surface area contributed by atoms with Gasteiger partial charge >= 0.3 is 0 Å². The molecule has 6 heteroatoms. The second-order valence-corrected chi connectivity index (χ2v) is 7.58. The molecule has 0 amide bonds. The van der Waals surface area contributed by atoms with Gasteiger partial charge in [-0.15, -0.1) is 0 Å². The molecule has 0 unspecified atom stereocenters. The van der Waals surface area contributed by atoms with Gasteiger partial charge in [0.05, 0.1) is 0 Å². The lowest BCUT2D eigenvalue weighted by Crippen LogP contribution is -2.46. The first kappa shape index (κ1) is 16.9. The quantitative estimate of drug-likeness (QED) is 0.712. The number of aliphatic hydroxyl groups is 1. The standard InChI is InChI=1S/C13H28N2O3S/c1-3-4-10-15(2)19(17,18)14-11-13(12-16)8-6-5-7-9-13/h14,16H,3-12H2,1-2H3. The highest BCUT2D eigenvalue weighted by atomic mass is 32.2. The van der Waals surface area contributed by atoms with Gasteiger partial charge in [0.2, 0.25) is 0 Å². The summed E-state index contributed by atoms with van der Waals surface area (Å²) in [5.74, 6) is 0. The zero-order valence-corrected chi connectivity index (χ0v) is 13.0. The summed E-state index contributed by atoms with van der Waals surface area (Å²) < 4.78 is 28.2. The maximum atomic E-state index is 12.1. The first-order valence-electron chi connectivity index (χ1n) is 7.27. The molecule has 0 aliphatic heterocycles. The molecular formula is C13H28N2O3S. The minimum atomic E-state index is -3.41. The van der Waals surface area contributed by atoms with E-state index in [0.717, 1.165) is 38.5 Å². The third-order valence-corrected chi connectivity index (χ3v) is 5.63. The molecule has 0 spiro atoms. The Bertz CT molecular complexity index is 351. The van der Waals surface area contributed by atoms with E-state index in [4.69, 9.17) is 0 Å². The maximum absolute atomic E-state index is 12.1. The van der Waals surface area contributed by atoms with Crippen LogP contribution < -0.4 is 4.72 Å². The smallest absolute Gasteiger partial charge is 0.279 e. The molecule has 114 valence electrons. The monoisotopic (exact) mass is 292 g/mol. The molecular weight excluding hydrogens is 264 g/mol. The van der Waals surface area contributed by atoms with Crippen LogP contribution in [0.1, 0.15) is 51.9 Å². The van der Waals surface area contributed by atoms with Crippen molar-refractivity contribution in [3.05, 3.63) is 0 Å². The van der Waals surface area contributed by atoms with Crippen LogP contribution in [0.5, 0.6) is 0 Å². The van der Waals surface area contributed by atoms with Gasteiger partial charge in [0.1, 0.15) is 0 Å². The molecule has 0 aromatic rings. The summed E-state index contributed by atoms with van der Waals surface area (Å²) in [4.78, 5) is 0. The van der Waals surface area contributed by atoms with Crippen LogP contribution in [0.3, 0.4) is 0 Å². The van der Waals surface area contributed by atoms with Crippen molar-refractivity contribution in [2.24, 2.45) is 5.41 Å². The van der Waals surface area contributed by atoms with Crippen LogP contribution in [0.2, 0.25) is 0 Å². The van der Waals surface area contributed by atoms with Crippen LogP contribution in [-0.4, -0.2) is 44.6 Å². The third kappa shape index (κ3) is 5.02. The van der Waals surface area contributed by atoms with Gasteiger partial charge in [-0.1, -0.05) is 32.6 Å². The first-order valence-corrected chi connectivity index (χ1v) is 8.71. The SMILES string of the molecule is CCCCN(C)S(=O)(=O)NCC1(CO)CCCCC1. The number of hydrogen-bond donors (Lipinski definition) is 2. The lowest BCUT2D eigenvalue weighted by Gasteiger charge is -2.36. The third-order valence-electron chi connectivity index (χ3n) is 4.12. The van der Waals surface area contributed by atoms with Crippen LogP contribution in [0.15, 0.2) is 0 Å². The minimum Gasteiger partial charge on any atom is -0.396 e. The maximum Gasteiger partial charge on any atom is 0.279 e. The van der Waals surface area contributed by atoms with Gasteiger partial charge in [-0.3, -0.25) is 0 Å². The molecule has 1 aliphatic rings. The van der Waals surface area contributed by atoms with Crippen molar-refractivity contribution < 1.29 is 13.5 Å². The minimum absolute atomic E-state index is 0.0637. The van der Waals surface area contributed by atoms with E-state index in [1.165, 1.54) is 10.7 Å². The molecule has 5 nitrogen and oxygen atoms in total. The van der Waals surface area contributed by atoms with Gasteiger partial charge < -0.3 is 5.11 Å². The summed E-state index contributed by atoms with van der Waals surface area (Å²) in [6, 6.07) is 0. The number of rotatable bonds is 8. The van der Waals surface area contributed by atoms with Gasteiger partial charge in [-0.25, -0.2) is 4.72 Å². The molecule has 2 N–H and O–H groups in total. The highest BCUT2D eigenvalue weighted by Gasteiger charge is 2.33. The average molecular weight is 292 g/mol. The molecule has 0 saturated heterocycles.